The fourth-order valence-electron chi connectivity index (χ4n) is 5.54. The smallest absolute Gasteiger partial charge is 0.115 e. The van der Waals surface area contributed by atoms with Crippen molar-refractivity contribution in [3.05, 3.63) is 29.3 Å². The Balaban J connectivity index is 0.00000132. The molecule has 4 rings (SSSR count). The van der Waals surface area contributed by atoms with Gasteiger partial charge in [-0.1, -0.05) is 13.0 Å². The first-order valence-electron chi connectivity index (χ1n) is 8.09. The molecule has 3 aliphatic carbocycles. The number of aliphatic hydroxyl groups is 1. The summed E-state index contributed by atoms with van der Waals surface area (Å²) in [6.45, 7) is 2.32. The van der Waals surface area contributed by atoms with Crippen molar-refractivity contribution in [1.29, 1.82) is 0 Å². The largest absolute Gasteiger partial charge is 0.508 e. The molecular formula is C18H24GdO2. The van der Waals surface area contributed by atoms with Crippen molar-refractivity contribution >= 4 is 0 Å². The van der Waals surface area contributed by atoms with Crippen molar-refractivity contribution in [1.82, 2.24) is 0 Å². The van der Waals surface area contributed by atoms with E-state index >= 15 is 0 Å². The summed E-state index contributed by atoms with van der Waals surface area (Å²) in [5, 5.41) is 20.0. The summed E-state index contributed by atoms with van der Waals surface area (Å²) in [6, 6.07) is 5.96. The van der Waals surface area contributed by atoms with Crippen LogP contribution in [0.25, 0.3) is 0 Å². The number of hydrogen-bond acceptors (Lipinski definition) is 2. The van der Waals surface area contributed by atoms with Crippen molar-refractivity contribution in [3.63, 3.8) is 0 Å². The second-order valence-electron chi connectivity index (χ2n) is 7.44. The third-order valence-electron chi connectivity index (χ3n) is 6.66. The zero-order valence-corrected chi connectivity index (χ0v) is 14.8. The average Bonchev–Trinajstić information content (AvgIpc) is 2.74. The summed E-state index contributed by atoms with van der Waals surface area (Å²) in [6.07, 6.45) is 6.78. The van der Waals surface area contributed by atoms with Crippen LogP contribution < -0.4 is 0 Å². The number of fused-ring (bicyclic) bond motifs is 5. The number of aryl methyl sites for hydroxylation is 1. The van der Waals surface area contributed by atoms with Crippen LogP contribution in [0.4, 0.5) is 0 Å². The molecule has 0 heterocycles. The molecule has 0 saturated heterocycles. The Morgan fingerprint density at radius 1 is 1.14 bits per heavy atom. The monoisotopic (exact) mass is 430 g/mol. The molecule has 0 bridgehead atoms. The molecule has 0 aliphatic heterocycles. The van der Waals surface area contributed by atoms with Gasteiger partial charge >= 0.3 is 0 Å². The topological polar surface area (TPSA) is 40.5 Å². The Bertz CT molecular complexity index is 544. The van der Waals surface area contributed by atoms with Gasteiger partial charge in [-0.3, -0.25) is 0 Å². The quantitative estimate of drug-likeness (QED) is 0.661. The second kappa shape index (κ2) is 5.74. The van der Waals surface area contributed by atoms with Gasteiger partial charge in [0.25, 0.3) is 0 Å². The number of aliphatic hydroxyl groups excluding tert-OH is 1. The Morgan fingerprint density at radius 3 is 2.76 bits per heavy atom. The van der Waals surface area contributed by atoms with Gasteiger partial charge in [-0.25, -0.2) is 0 Å². The number of phenols is 1. The first-order chi connectivity index (χ1) is 9.59. The molecule has 21 heavy (non-hydrogen) atoms. The van der Waals surface area contributed by atoms with Crippen molar-refractivity contribution in [2.24, 2.45) is 17.3 Å². The average molecular weight is 430 g/mol. The van der Waals surface area contributed by atoms with E-state index in [4.69, 9.17) is 0 Å². The second-order valence-corrected chi connectivity index (χ2v) is 7.44. The molecule has 3 aliphatic rings. The third kappa shape index (κ3) is 2.39. The molecule has 3 heteroatoms. The van der Waals surface area contributed by atoms with Crippen LogP contribution in [-0.2, 0) is 6.42 Å². The van der Waals surface area contributed by atoms with Crippen molar-refractivity contribution in [2.45, 2.75) is 57.5 Å². The summed E-state index contributed by atoms with van der Waals surface area (Å²) in [5.74, 6) is 2.49. The van der Waals surface area contributed by atoms with Crippen LogP contribution in [0.15, 0.2) is 18.2 Å². The number of phenolic OH excluding ortho intramolecular Hbond substituents is 1. The molecule has 0 unspecified atom stereocenters. The standard InChI is InChI=1S/C18H24O2.Gd/c1-18-9-8-14-13-5-3-12(19)10-11(13)2-4-15(14)16(18)6-7-17(18)20;/h3,5,10,14-17,19-20H,2,4,6-9H2,1H3;/t14-,15-,16+,17-,18+;/m1./s1. The maximum Gasteiger partial charge on any atom is 0.115 e. The zero-order chi connectivity index (χ0) is 13.9. The molecule has 116 valence electrons. The van der Waals surface area contributed by atoms with E-state index in [0.717, 1.165) is 25.2 Å². The molecule has 2 N–H and O–H groups in total. The number of hydrogen-bond donors (Lipinski definition) is 2. The number of aromatic hydroxyl groups is 1. The van der Waals surface area contributed by atoms with E-state index in [1.807, 2.05) is 12.1 Å². The molecule has 2 saturated carbocycles. The van der Waals surface area contributed by atoms with Crippen LogP contribution in [0.2, 0.25) is 0 Å². The van der Waals surface area contributed by atoms with Crippen LogP contribution in [0.3, 0.4) is 0 Å². The molecule has 5 atom stereocenters. The van der Waals surface area contributed by atoms with Crippen molar-refractivity contribution in [3.8, 4) is 5.75 Å². The van der Waals surface area contributed by atoms with Gasteiger partial charge in [0.15, 0.2) is 0 Å². The van der Waals surface area contributed by atoms with Crippen LogP contribution in [0.5, 0.6) is 5.75 Å². The number of benzene rings is 1. The predicted molar refractivity (Wildman–Crippen MR) is 78.7 cm³/mol. The van der Waals surface area contributed by atoms with Gasteiger partial charge in [0.2, 0.25) is 0 Å². The van der Waals surface area contributed by atoms with Gasteiger partial charge < -0.3 is 10.2 Å². The molecule has 0 aromatic heterocycles. The van der Waals surface area contributed by atoms with Gasteiger partial charge in [0.1, 0.15) is 5.75 Å². The molecule has 2 nitrogen and oxygen atoms in total. The molecule has 0 amide bonds. The van der Waals surface area contributed by atoms with Crippen molar-refractivity contribution < 1.29 is 50.2 Å². The summed E-state index contributed by atoms with van der Waals surface area (Å²) < 4.78 is 0. The van der Waals surface area contributed by atoms with Gasteiger partial charge in [0, 0.05) is 39.9 Å². The Morgan fingerprint density at radius 2 is 1.95 bits per heavy atom. The molecule has 2 fully saturated rings. The molecule has 0 radical (unpaired) electrons. The molecular weight excluding hydrogens is 405 g/mol. The normalized spacial score (nSPS) is 40.7. The van der Waals surface area contributed by atoms with Crippen LogP contribution in [0.1, 0.15) is 56.1 Å². The molecule has 1 aromatic carbocycles. The molecule has 0 spiro atoms. The minimum absolute atomic E-state index is 0. The summed E-state index contributed by atoms with van der Waals surface area (Å²) in [7, 11) is 0. The SMILES string of the molecule is C[C@]12CC[C@@H]3c4ccc(O)cc4CC[C@H]3[C@@H]1CC[C@H]2O.[Gd]. The first kappa shape index (κ1) is 16.2. The van der Waals surface area contributed by atoms with E-state index in [9.17, 15) is 10.2 Å². The predicted octanol–water partition coefficient (Wildman–Crippen LogP) is 3.61. The van der Waals surface area contributed by atoms with E-state index in [1.165, 1.54) is 30.4 Å². The van der Waals surface area contributed by atoms with Gasteiger partial charge in [0.05, 0.1) is 6.10 Å². The van der Waals surface area contributed by atoms with Crippen molar-refractivity contribution in [2.75, 3.05) is 0 Å². The van der Waals surface area contributed by atoms with Gasteiger partial charge in [-0.15, -0.1) is 0 Å². The Labute approximate surface area is 159 Å². The minimum Gasteiger partial charge on any atom is -0.508 e. The van der Waals surface area contributed by atoms with Crippen LogP contribution in [-0.4, -0.2) is 16.3 Å². The zero-order valence-electron chi connectivity index (χ0n) is 12.5. The Hall–Kier alpha value is 0.305. The summed E-state index contributed by atoms with van der Waals surface area (Å²) in [4.78, 5) is 0. The third-order valence-corrected chi connectivity index (χ3v) is 6.66. The van der Waals surface area contributed by atoms with Crippen LogP contribution >= 0.6 is 0 Å². The van der Waals surface area contributed by atoms with Gasteiger partial charge in [-0.05, 0) is 85.0 Å². The van der Waals surface area contributed by atoms with Gasteiger partial charge in [-0.2, -0.15) is 0 Å². The fourth-order valence-corrected chi connectivity index (χ4v) is 5.54. The van der Waals surface area contributed by atoms with E-state index in [-0.39, 0.29) is 51.5 Å². The summed E-state index contributed by atoms with van der Waals surface area (Å²) in [5.41, 5.74) is 2.99. The van der Waals surface area contributed by atoms with E-state index < -0.39 is 0 Å². The summed E-state index contributed by atoms with van der Waals surface area (Å²) >= 11 is 0. The number of rotatable bonds is 0. The fraction of sp³-hybridized carbons (Fsp3) is 0.667. The minimum atomic E-state index is -0.0883. The first-order valence-corrected chi connectivity index (χ1v) is 8.09. The maximum absolute atomic E-state index is 10.4. The van der Waals surface area contributed by atoms with E-state index in [1.54, 1.807) is 0 Å². The van der Waals surface area contributed by atoms with E-state index in [0.29, 0.717) is 17.6 Å². The molecule has 1 aromatic rings. The van der Waals surface area contributed by atoms with E-state index in [2.05, 4.69) is 13.0 Å². The maximum atomic E-state index is 10.4. The van der Waals surface area contributed by atoms with Crippen LogP contribution in [0, 0.1) is 57.2 Å². The Kier molecular flexibility index (Phi) is 4.42.